The molecule has 0 spiro atoms. The first-order valence-electron chi connectivity index (χ1n) is 10.8. The average molecular weight is 386 g/mol. The molecule has 6 heteroatoms. The standard InChI is InChI=1S/C22H31N3O3/c1-21(2,27)10-17-23-11-16(19(24-17)13-3-4-13)20(26)25-18-14-5-12-6-15(18)9-22(28,7-12)8-14/h11-15,18,27-28H,3-10H2,1-2H3,(H,25,26). The van der Waals surface area contributed by atoms with Crippen molar-refractivity contribution in [2.45, 2.75) is 88.4 Å². The predicted molar refractivity (Wildman–Crippen MR) is 104 cm³/mol. The van der Waals surface area contributed by atoms with E-state index in [9.17, 15) is 15.0 Å². The van der Waals surface area contributed by atoms with E-state index in [1.165, 1.54) is 0 Å². The van der Waals surface area contributed by atoms with Crippen LogP contribution in [-0.4, -0.2) is 43.3 Å². The van der Waals surface area contributed by atoms with E-state index in [1.807, 2.05) is 0 Å². The van der Waals surface area contributed by atoms with Gasteiger partial charge in [-0.3, -0.25) is 4.79 Å². The molecule has 5 aliphatic carbocycles. The van der Waals surface area contributed by atoms with Crippen molar-refractivity contribution in [3.63, 3.8) is 0 Å². The second-order valence-electron chi connectivity index (χ2n) is 10.5. The first-order chi connectivity index (χ1) is 13.2. The van der Waals surface area contributed by atoms with Crippen LogP contribution in [0.4, 0.5) is 0 Å². The summed E-state index contributed by atoms with van der Waals surface area (Å²) in [4.78, 5) is 22.2. The molecule has 1 aromatic rings. The summed E-state index contributed by atoms with van der Waals surface area (Å²) >= 11 is 0. The molecule has 1 heterocycles. The average Bonchev–Trinajstić information content (AvgIpc) is 3.40. The van der Waals surface area contributed by atoms with Crippen molar-refractivity contribution < 1.29 is 15.0 Å². The maximum Gasteiger partial charge on any atom is 0.254 e. The zero-order chi connectivity index (χ0) is 19.7. The molecule has 6 nitrogen and oxygen atoms in total. The van der Waals surface area contributed by atoms with E-state index in [0.29, 0.717) is 41.5 Å². The predicted octanol–water partition coefficient (Wildman–Crippen LogP) is 2.34. The number of rotatable bonds is 5. The van der Waals surface area contributed by atoms with E-state index in [-0.39, 0.29) is 11.9 Å². The molecule has 0 radical (unpaired) electrons. The quantitative estimate of drug-likeness (QED) is 0.723. The molecule has 6 rings (SSSR count). The van der Waals surface area contributed by atoms with Gasteiger partial charge in [-0.2, -0.15) is 0 Å². The van der Waals surface area contributed by atoms with Crippen LogP contribution in [0, 0.1) is 17.8 Å². The van der Waals surface area contributed by atoms with Crippen LogP contribution in [0.1, 0.15) is 86.6 Å². The third-order valence-corrected chi connectivity index (χ3v) is 7.21. The summed E-state index contributed by atoms with van der Waals surface area (Å²) in [6.07, 6.45) is 8.99. The van der Waals surface area contributed by atoms with Crippen LogP contribution in [0.3, 0.4) is 0 Å². The van der Waals surface area contributed by atoms with E-state index in [2.05, 4.69) is 15.3 Å². The molecule has 2 atom stereocenters. The molecule has 1 amide bonds. The van der Waals surface area contributed by atoms with Gasteiger partial charge in [0.05, 0.1) is 22.5 Å². The fourth-order valence-electron chi connectivity index (χ4n) is 6.19. The van der Waals surface area contributed by atoms with E-state index in [1.54, 1.807) is 20.0 Å². The number of nitrogens with one attached hydrogen (secondary N) is 1. The zero-order valence-electron chi connectivity index (χ0n) is 16.8. The monoisotopic (exact) mass is 385 g/mol. The van der Waals surface area contributed by atoms with Crippen LogP contribution in [0.2, 0.25) is 0 Å². The maximum atomic E-state index is 13.2. The molecule has 3 N–H and O–H groups in total. The lowest BCUT2D eigenvalue weighted by molar-refractivity contribution is -0.136. The van der Waals surface area contributed by atoms with Crippen LogP contribution in [0.5, 0.6) is 0 Å². The minimum atomic E-state index is -0.870. The van der Waals surface area contributed by atoms with Crippen LogP contribution in [0.25, 0.3) is 0 Å². The van der Waals surface area contributed by atoms with Crippen molar-refractivity contribution in [3.8, 4) is 0 Å². The molecule has 0 aliphatic heterocycles. The number of hydrogen-bond donors (Lipinski definition) is 3. The molecule has 5 fully saturated rings. The van der Waals surface area contributed by atoms with Gasteiger partial charge in [0.1, 0.15) is 5.82 Å². The largest absolute Gasteiger partial charge is 0.390 e. The molecule has 2 unspecified atom stereocenters. The van der Waals surface area contributed by atoms with Crippen molar-refractivity contribution in [3.05, 3.63) is 23.3 Å². The fourth-order valence-corrected chi connectivity index (χ4v) is 6.19. The normalized spacial score (nSPS) is 36.6. The Morgan fingerprint density at radius 1 is 1.25 bits per heavy atom. The van der Waals surface area contributed by atoms with Gasteiger partial charge in [0, 0.05) is 24.6 Å². The third-order valence-electron chi connectivity index (χ3n) is 7.21. The highest BCUT2D eigenvalue weighted by atomic mass is 16.3. The topological polar surface area (TPSA) is 95.3 Å². The number of amides is 1. The second kappa shape index (κ2) is 6.23. The van der Waals surface area contributed by atoms with E-state index in [0.717, 1.165) is 50.6 Å². The van der Waals surface area contributed by atoms with E-state index < -0.39 is 11.2 Å². The van der Waals surface area contributed by atoms with Gasteiger partial charge >= 0.3 is 0 Å². The van der Waals surface area contributed by atoms with Crippen LogP contribution in [-0.2, 0) is 6.42 Å². The molecule has 28 heavy (non-hydrogen) atoms. The first-order valence-corrected chi connectivity index (χ1v) is 10.8. The minimum Gasteiger partial charge on any atom is -0.390 e. The summed E-state index contributed by atoms with van der Waals surface area (Å²) in [7, 11) is 0. The molecule has 5 saturated carbocycles. The second-order valence-corrected chi connectivity index (χ2v) is 10.5. The number of nitrogens with zero attached hydrogens (tertiary/aromatic N) is 2. The Kier molecular flexibility index (Phi) is 4.12. The number of carbonyl (C=O) groups is 1. The first kappa shape index (κ1) is 18.5. The van der Waals surface area contributed by atoms with Gasteiger partial charge in [-0.1, -0.05) is 0 Å². The lowest BCUT2D eigenvalue weighted by Crippen LogP contribution is -2.61. The van der Waals surface area contributed by atoms with Gasteiger partial charge in [-0.05, 0) is 76.5 Å². The highest BCUT2D eigenvalue weighted by molar-refractivity contribution is 5.95. The molecule has 152 valence electrons. The molecule has 0 saturated heterocycles. The Labute approximate surface area is 166 Å². The van der Waals surface area contributed by atoms with Gasteiger partial charge in [0.15, 0.2) is 0 Å². The van der Waals surface area contributed by atoms with Crippen molar-refractivity contribution in [1.82, 2.24) is 15.3 Å². The van der Waals surface area contributed by atoms with Crippen LogP contribution in [0.15, 0.2) is 6.20 Å². The number of hydrogen-bond acceptors (Lipinski definition) is 5. The number of carbonyl (C=O) groups excluding carboxylic acids is 1. The van der Waals surface area contributed by atoms with Gasteiger partial charge in [0.2, 0.25) is 0 Å². The van der Waals surface area contributed by atoms with Gasteiger partial charge < -0.3 is 15.5 Å². The summed E-state index contributed by atoms with van der Waals surface area (Å²) < 4.78 is 0. The van der Waals surface area contributed by atoms with Gasteiger partial charge in [0.25, 0.3) is 5.91 Å². The van der Waals surface area contributed by atoms with Gasteiger partial charge in [-0.25, -0.2) is 9.97 Å². The summed E-state index contributed by atoms with van der Waals surface area (Å²) in [5.41, 5.74) is 0.0768. The van der Waals surface area contributed by atoms with Crippen LogP contribution < -0.4 is 5.32 Å². The Morgan fingerprint density at radius 3 is 2.50 bits per heavy atom. The van der Waals surface area contributed by atoms with Crippen LogP contribution >= 0.6 is 0 Å². The molecule has 4 bridgehead atoms. The Balaban J connectivity index is 1.36. The van der Waals surface area contributed by atoms with Gasteiger partial charge in [-0.15, -0.1) is 0 Å². The van der Waals surface area contributed by atoms with Crippen molar-refractivity contribution in [2.24, 2.45) is 17.8 Å². The van der Waals surface area contributed by atoms with Crippen molar-refractivity contribution >= 4 is 5.91 Å². The minimum absolute atomic E-state index is 0.0684. The summed E-state index contributed by atoms with van der Waals surface area (Å²) in [5.74, 6) is 2.27. The van der Waals surface area contributed by atoms with E-state index in [4.69, 9.17) is 0 Å². The lowest BCUT2D eigenvalue weighted by atomic mass is 9.52. The maximum absolute atomic E-state index is 13.2. The molecule has 0 aromatic carbocycles. The SMILES string of the molecule is CC(C)(O)Cc1ncc(C(=O)NC2C3CC4CC2CC(O)(C4)C3)c(C2CC2)n1. The summed E-state index contributed by atoms with van der Waals surface area (Å²) in [6, 6.07) is 0.160. The summed E-state index contributed by atoms with van der Waals surface area (Å²) in [6.45, 7) is 3.49. The Hall–Kier alpha value is -1.53. The smallest absolute Gasteiger partial charge is 0.254 e. The Bertz CT molecular complexity index is 783. The molecule has 1 aromatic heterocycles. The zero-order valence-corrected chi connectivity index (χ0v) is 16.8. The molecule has 5 aliphatic rings. The van der Waals surface area contributed by atoms with E-state index >= 15 is 0 Å². The highest BCUT2D eigenvalue weighted by Gasteiger charge is 2.55. The molecular formula is C22H31N3O3. The lowest BCUT2D eigenvalue weighted by Gasteiger charge is -2.58. The van der Waals surface area contributed by atoms with Crippen molar-refractivity contribution in [1.29, 1.82) is 0 Å². The molecular weight excluding hydrogens is 354 g/mol. The Morgan fingerprint density at radius 2 is 1.93 bits per heavy atom. The number of aliphatic hydroxyl groups is 2. The highest BCUT2D eigenvalue weighted by Crippen LogP contribution is 2.55. The third kappa shape index (κ3) is 3.45. The fraction of sp³-hybridized carbons (Fsp3) is 0.773. The van der Waals surface area contributed by atoms with Crippen molar-refractivity contribution in [2.75, 3.05) is 0 Å². The summed E-state index contributed by atoms with van der Waals surface area (Å²) in [5, 5.41) is 24.1. The number of aromatic nitrogens is 2.